The van der Waals surface area contributed by atoms with Crippen molar-refractivity contribution >= 4 is 0 Å². The number of ether oxygens (including phenoxy) is 1. The third-order valence-corrected chi connectivity index (χ3v) is 6.88. The van der Waals surface area contributed by atoms with Crippen LogP contribution in [0.2, 0.25) is 0 Å². The van der Waals surface area contributed by atoms with Gasteiger partial charge in [-0.25, -0.2) is 0 Å². The standard InChI is InChI=1S/C22H42O/c1-4-7-8-16-22(23-6-3)17-14-21(15-18-22)20-12-10-19(9-5-2)11-13-20/h19-21H,4-18H2,1-3H3/t19?,20?,21-,22+. The van der Waals surface area contributed by atoms with Gasteiger partial charge < -0.3 is 4.74 Å². The van der Waals surface area contributed by atoms with Crippen molar-refractivity contribution in [2.45, 2.75) is 116 Å². The van der Waals surface area contributed by atoms with Crippen LogP contribution in [0.25, 0.3) is 0 Å². The fourth-order valence-electron chi connectivity index (χ4n) is 5.46. The molecule has 2 rings (SSSR count). The Labute approximate surface area is 146 Å². The maximum atomic E-state index is 6.30. The lowest BCUT2D eigenvalue weighted by molar-refractivity contribution is -0.0855. The summed E-state index contributed by atoms with van der Waals surface area (Å²) in [5.41, 5.74) is 0.250. The van der Waals surface area contributed by atoms with Gasteiger partial charge in [0.05, 0.1) is 5.60 Å². The molecule has 1 nitrogen and oxygen atoms in total. The number of hydrogen-bond acceptors (Lipinski definition) is 1. The van der Waals surface area contributed by atoms with E-state index < -0.39 is 0 Å². The van der Waals surface area contributed by atoms with Crippen LogP contribution in [0.4, 0.5) is 0 Å². The fraction of sp³-hybridized carbons (Fsp3) is 1.00. The quantitative estimate of drug-likeness (QED) is 0.410. The highest BCUT2D eigenvalue weighted by Crippen LogP contribution is 2.45. The molecule has 0 aromatic heterocycles. The molecule has 0 aromatic rings. The van der Waals surface area contributed by atoms with E-state index in [-0.39, 0.29) is 5.60 Å². The van der Waals surface area contributed by atoms with Crippen molar-refractivity contribution in [3.63, 3.8) is 0 Å². The summed E-state index contributed by atoms with van der Waals surface area (Å²) in [4.78, 5) is 0. The first-order chi connectivity index (χ1) is 11.2. The zero-order valence-electron chi connectivity index (χ0n) is 16.2. The maximum Gasteiger partial charge on any atom is 0.0682 e. The highest BCUT2D eigenvalue weighted by atomic mass is 16.5. The second-order valence-corrected chi connectivity index (χ2v) is 8.48. The minimum atomic E-state index is 0.250. The zero-order valence-corrected chi connectivity index (χ0v) is 16.2. The Bertz CT molecular complexity index is 295. The Hall–Kier alpha value is -0.0400. The van der Waals surface area contributed by atoms with Gasteiger partial charge in [0.15, 0.2) is 0 Å². The first-order valence-corrected chi connectivity index (χ1v) is 10.9. The Balaban J connectivity index is 1.77. The van der Waals surface area contributed by atoms with Crippen molar-refractivity contribution in [1.82, 2.24) is 0 Å². The van der Waals surface area contributed by atoms with Gasteiger partial charge in [-0.3, -0.25) is 0 Å². The topological polar surface area (TPSA) is 9.23 Å². The van der Waals surface area contributed by atoms with Crippen LogP contribution in [0, 0.1) is 17.8 Å². The van der Waals surface area contributed by atoms with E-state index in [1.54, 1.807) is 0 Å². The minimum Gasteiger partial charge on any atom is -0.375 e. The van der Waals surface area contributed by atoms with Gasteiger partial charge in [-0.05, 0) is 69.6 Å². The van der Waals surface area contributed by atoms with Gasteiger partial charge in [0, 0.05) is 6.61 Å². The summed E-state index contributed by atoms with van der Waals surface area (Å²) in [5.74, 6) is 3.10. The van der Waals surface area contributed by atoms with E-state index in [9.17, 15) is 0 Å². The van der Waals surface area contributed by atoms with Crippen molar-refractivity contribution in [1.29, 1.82) is 0 Å². The van der Waals surface area contributed by atoms with Crippen LogP contribution in [-0.2, 0) is 4.74 Å². The molecule has 1 heteroatoms. The monoisotopic (exact) mass is 322 g/mol. The van der Waals surface area contributed by atoms with Gasteiger partial charge in [-0.15, -0.1) is 0 Å². The van der Waals surface area contributed by atoms with E-state index >= 15 is 0 Å². The van der Waals surface area contributed by atoms with Crippen molar-refractivity contribution in [3.05, 3.63) is 0 Å². The van der Waals surface area contributed by atoms with Gasteiger partial charge in [-0.1, -0.05) is 58.8 Å². The maximum absolute atomic E-state index is 6.30. The lowest BCUT2D eigenvalue weighted by atomic mass is 9.67. The van der Waals surface area contributed by atoms with Crippen molar-refractivity contribution in [3.8, 4) is 0 Å². The molecule has 0 saturated heterocycles. The Morgan fingerprint density at radius 1 is 0.783 bits per heavy atom. The highest BCUT2D eigenvalue weighted by molar-refractivity contribution is 4.90. The van der Waals surface area contributed by atoms with E-state index in [4.69, 9.17) is 4.74 Å². The molecule has 0 heterocycles. The van der Waals surface area contributed by atoms with Gasteiger partial charge in [-0.2, -0.15) is 0 Å². The first kappa shape index (κ1) is 19.3. The molecule has 2 fully saturated rings. The molecular weight excluding hydrogens is 280 g/mol. The second-order valence-electron chi connectivity index (χ2n) is 8.48. The fourth-order valence-corrected chi connectivity index (χ4v) is 5.46. The molecule has 0 spiro atoms. The Morgan fingerprint density at radius 2 is 1.43 bits per heavy atom. The summed E-state index contributed by atoms with van der Waals surface area (Å²) in [7, 11) is 0. The van der Waals surface area contributed by atoms with Crippen LogP contribution in [0.3, 0.4) is 0 Å². The van der Waals surface area contributed by atoms with Crippen LogP contribution < -0.4 is 0 Å². The van der Waals surface area contributed by atoms with Gasteiger partial charge in [0.25, 0.3) is 0 Å². The predicted molar refractivity (Wildman–Crippen MR) is 101 cm³/mol. The van der Waals surface area contributed by atoms with Crippen LogP contribution in [0.5, 0.6) is 0 Å². The molecule has 2 aliphatic carbocycles. The third kappa shape index (κ3) is 5.76. The smallest absolute Gasteiger partial charge is 0.0682 e. The van der Waals surface area contributed by atoms with Gasteiger partial charge >= 0.3 is 0 Å². The predicted octanol–water partition coefficient (Wildman–Crippen LogP) is 7.14. The summed E-state index contributed by atoms with van der Waals surface area (Å²) in [6.45, 7) is 7.74. The number of hydrogen-bond donors (Lipinski definition) is 0. The van der Waals surface area contributed by atoms with Crippen LogP contribution in [0.15, 0.2) is 0 Å². The molecule has 0 aliphatic heterocycles. The second kappa shape index (κ2) is 10.1. The molecule has 0 amide bonds. The van der Waals surface area contributed by atoms with E-state index in [0.717, 1.165) is 24.4 Å². The molecule has 0 unspecified atom stereocenters. The molecular formula is C22H42O. The minimum absolute atomic E-state index is 0.250. The molecule has 2 saturated carbocycles. The zero-order chi connectivity index (χ0) is 16.5. The summed E-state index contributed by atoms with van der Waals surface area (Å²) in [6.07, 6.45) is 19.9. The molecule has 136 valence electrons. The molecule has 2 aliphatic rings. The summed E-state index contributed by atoms with van der Waals surface area (Å²) < 4.78 is 6.30. The van der Waals surface area contributed by atoms with E-state index in [1.165, 1.54) is 89.9 Å². The lowest BCUT2D eigenvalue weighted by Gasteiger charge is -2.44. The molecule has 0 radical (unpaired) electrons. The summed E-state index contributed by atoms with van der Waals surface area (Å²) >= 11 is 0. The van der Waals surface area contributed by atoms with Gasteiger partial charge in [0.2, 0.25) is 0 Å². The van der Waals surface area contributed by atoms with Crippen LogP contribution in [0.1, 0.15) is 111 Å². The molecule has 23 heavy (non-hydrogen) atoms. The lowest BCUT2D eigenvalue weighted by Crippen LogP contribution is -2.39. The van der Waals surface area contributed by atoms with Crippen molar-refractivity contribution in [2.75, 3.05) is 6.61 Å². The van der Waals surface area contributed by atoms with E-state index in [2.05, 4.69) is 20.8 Å². The Morgan fingerprint density at radius 3 is 2.00 bits per heavy atom. The van der Waals surface area contributed by atoms with Gasteiger partial charge in [0.1, 0.15) is 0 Å². The van der Waals surface area contributed by atoms with E-state index in [1.807, 2.05) is 0 Å². The highest BCUT2D eigenvalue weighted by Gasteiger charge is 2.38. The molecule has 0 atom stereocenters. The summed E-state index contributed by atoms with van der Waals surface area (Å²) in [5, 5.41) is 0. The average molecular weight is 323 g/mol. The van der Waals surface area contributed by atoms with E-state index in [0.29, 0.717) is 0 Å². The largest absolute Gasteiger partial charge is 0.375 e. The molecule has 0 N–H and O–H groups in total. The average Bonchev–Trinajstić information content (AvgIpc) is 2.57. The third-order valence-electron chi connectivity index (χ3n) is 6.88. The van der Waals surface area contributed by atoms with Crippen LogP contribution >= 0.6 is 0 Å². The Kier molecular flexibility index (Phi) is 8.44. The first-order valence-electron chi connectivity index (χ1n) is 10.9. The van der Waals surface area contributed by atoms with Crippen molar-refractivity contribution < 1.29 is 4.74 Å². The normalized spacial score (nSPS) is 35.3. The summed E-state index contributed by atoms with van der Waals surface area (Å²) in [6, 6.07) is 0. The molecule has 0 aromatic carbocycles. The number of unbranched alkanes of at least 4 members (excludes halogenated alkanes) is 2. The molecule has 0 bridgehead atoms. The van der Waals surface area contributed by atoms with Crippen molar-refractivity contribution in [2.24, 2.45) is 17.8 Å². The number of rotatable bonds is 9. The van der Waals surface area contributed by atoms with Crippen LogP contribution in [-0.4, -0.2) is 12.2 Å². The SMILES string of the molecule is CCCCC[C@]1(OCC)CC[C@@H](C2CCC(CCC)CC2)CC1.